The molecule has 0 radical (unpaired) electrons. The zero-order valence-corrected chi connectivity index (χ0v) is 16.9. The summed E-state index contributed by atoms with van der Waals surface area (Å²) in [5.74, 6) is 0. The van der Waals surface area contributed by atoms with Crippen molar-refractivity contribution in [1.29, 1.82) is 0 Å². The molecule has 6 heteroatoms. The molecule has 0 rings (SSSR count). The van der Waals surface area contributed by atoms with Gasteiger partial charge in [-0.1, -0.05) is 59.3 Å². The van der Waals surface area contributed by atoms with E-state index in [1.54, 1.807) is 28.1 Å². The number of hydrogen-bond donors (Lipinski definition) is 3. The van der Waals surface area contributed by atoms with Crippen molar-refractivity contribution in [2.24, 2.45) is 0 Å². The first-order valence-electron chi connectivity index (χ1n) is 9.03. The molecule has 0 amide bonds. The van der Waals surface area contributed by atoms with Crippen LogP contribution in [-0.4, -0.2) is 51.4 Å². The summed E-state index contributed by atoms with van der Waals surface area (Å²) < 4.78 is 12.6. The lowest BCUT2D eigenvalue weighted by Gasteiger charge is -2.54. The Labute approximate surface area is 142 Å². The third kappa shape index (κ3) is 5.02. The van der Waals surface area contributed by atoms with Crippen molar-refractivity contribution in [3.05, 3.63) is 0 Å². The summed E-state index contributed by atoms with van der Waals surface area (Å²) in [5, 5.41) is 10.1. The highest BCUT2D eigenvalue weighted by molar-refractivity contribution is 7.53. The first-order chi connectivity index (χ1) is 10.4. The molecule has 0 aromatic carbocycles. The molecule has 0 spiro atoms. The highest BCUT2D eigenvalue weighted by atomic mass is 31.2. The lowest BCUT2D eigenvalue weighted by molar-refractivity contribution is -0.918. The summed E-state index contributed by atoms with van der Waals surface area (Å²) in [7, 11) is 0.830. The summed E-state index contributed by atoms with van der Waals surface area (Å²) in [6.07, 6.45) is 6.69. The van der Waals surface area contributed by atoms with Crippen LogP contribution in [0.3, 0.4) is 0 Å². The fourth-order valence-corrected chi connectivity index (χ4v) is 6.12. The largest absolute Gasteiger partial charge is 0.388 e. The maximum Gasteiger partial charge on any atom is 0.388 e. The second kappa shape index (κ2) is 8.96. The van der Waals surface area contributed by atoms with E-state index in [4.69, 9.17) is 0 Å². The van der Waals surface area contributed by atoms with Crippen molar-refractivity contribution in [1.82, 2.24) is 0 Å². The molecule has 0 aliphatic carbocycles. The number of aliphatic hydroxyl groups is 1. The smallest absolute Gasteiger partial charge is 0.383 e. The van der Waals surface area contributed by atoms with Crippen molar-refractivity contribution in [3.63, 3.8) is 0 Å². The molecule has 0 aliphatic heterocycles. The number of unbranched alkanes of at least 4 members (excludes halogenated alkanes) is 4. The normalized spacial score (nSPS) is 16.4. The van der Waals surface area contributed by atoms with Crippen LogP contribution in [0.15, 0.2) is 0 Å². The third-order valence-corrected chi connectivity index (χ3v) is 7.51. The molecule has 5 nitrogen and oxygen atoms in total. The molecule has 0 bridgehead atoms. The third-order valence-electron chi connectivity index (χ3n) is 5.22. The van der Waals surface area contributed by atoms with E-state index in [9.17, 15) is 19.5 Å². The van der Waals surface area contributed by atoms with Crippen LogP contribution >= 0.6 is 7.60 Å². The lowest BCUT2D eigenvalue weighted by atomic mass is 9.80. The first kappa shape index (κ1) is 23.1. The van der Waals surface area contributed by atoms with Gasteiger partial charge in [0, 0.05) is 6.42 Å². The van der Waals surface area contributed by atoms with Crippen LogP contribution in [-0.2, 0) is 4.57 Å². The summed E-state index contributed by atoms with van der Waals surface area (Å²) in [6.45, 7) is 5.96. The Morgan fingerprint density at radius 1 is 0.870 bits per heavy atom. The van der Waals surface area contributed by atoms with E-state index in [1.807, 2.05) is 0 Å². The summed E-state index contributed by atoms with van der Waals surface area (Å²) in [4.78, 5) is 20.5. The zero-order valence-electron chi connectivity index (χ0n) is 16.0. The fourth-order valence-electron chi connectivity index (χ4n) is 4.16. The van der Waals surface area contributed by atoms with Gasteiger partial charge in [0.2, 0.25) is 5.28 Å². The van der Waals surface area contributed by atoms with Crippen LogP contribution in [0, 0.1) is 0 Å². The predicted molar refractivity (Wildman–Crippen MR) is 96.3 cm³/mol. The van der Waals surface area contributed by atoms with Gasteiger partial charge >= 0.3 is 7.60 Å². The molecule has 0 saturated carbocycles. The molecule has 0 heterocycles. The Hall–Kier alpha value is 0.0700. The quantitative estimate of drug-likeness (QED) is 0.283. The summed E-state index contributed by atoms with van der Waals surface area (Å²) >= 11 is 0. The van der Waals surface area contributed by atoms with Gasteiger partial charge in [-0.25, -0.2) is 0 Å². The van der Waals surface area contributed by atoms with Crippen molar-refractivity contribution in [3.8, 4) is 0 Å². The number of rotatable bonds is 12. The van der Waals surface area contributed by atoms with Crippen molar-refractivity contribution >= 4 is 7.60 Å². The van der Waals surface area contributed by atoms with Gasteiger partial charge < -0.3 is 19.4 Å². The highest BCUT2D eigenvalue weighted by Crippen LogP contribution is 2.63. The Bertz CT molecular complexity index is 379. The second-order valence-corrected chi connectivity index (χ2v) is 9.50. The van der Waals surface area contributed by atoms with E-state index in [-0.39, 0.29) is 10.9 Å². The van der Waals surface area contributed by atoms with Crippen molar-refractivity contribution in [2.45, 2.75) is 89.4 Å². The van der Waals surface area contributed by atoms with Crippen LogP contribution < -0.4 is 0 Å². The van der Waals surface area contributed by atoms with Crippen LogP contribution in [0.5, 0.6) is 0 Å². The minimum absolute atomic E-state index is 0.0581. The molecular formula is C17H39NO4P+. The van der Waals surface area contributed by atoms with Gasteiger partial charge in [-0.3, -0.25) is 4.57 Å². The number of quaternary nitrogens is 1. The maximum absolute atomic E-state index is 12.6. The Kier molecular flexibility index (Phi) is 8.99. The van der Waals surface area contributed by atoms with Gasteiger partial charge in [0.15, 0.2) is 0 Å². The van der Waals surface area contributed by atoms with Gasteiger partial charge in [0.25, 0.3) is 0 Å². The molecule has 0 saturated heterocycles. The Balaban J connectivity index is 5.94. The summed E-state index contributed by atoms with van der Waals surface area (Å²) in [5.41, 5.74) is -1.36. The van der Waals surface area contributed by atoms with Crippen LogP contribution in [0.2, 0.25) is 0 Å². The maximum atomic E-state index is 12.6. The van der Waals surface area contributed by atoms with Gasteiger partial charge in [-0.2, -0.15) is 0 Å². The van der Waals surface area contributed by atoms with Crippen LogP contribution in [0.25, 0.3) is 0 Å². The van der Waals surface area contributed by atoms with Crippen LogP contribution in [0.1, 0.15) is 78.6 Å². The molecule has 140 valence electrons. The average Bonchev–Trinajstić information content (AvgIpc) is 2.37. The van der Waals surface area contributed by atoms with Crippen molar-refractivity contribution in [2.75, 3.05) is 21.1 Å². The molecule has 23 heavy (non-hydrogen) atoms. The molecule has 0 fully saturated rings. The monoisotopic (exact) mass is 352 g/mol. The SMILES string of the molecule is CCCCCC(O)(CCCCC)C(CC)([N+](C)(C)C)P(=O)(O)O. The Morgan fingerprint density at radius 2 is 1.26 bits per heavy atom. The average molecular weight is 352 g/mol. The molecule has 1 atom stereocenters. The molecular weight excluding hydrogens is 313 g/mol. The van der Waals surface area contributed by atoms with Crippen LogP contribution in [0.4, 0.5) is 0 Å². The molecule has 3 N–H and O–H groups in total. The van der Waals surface area contributed by atoms with E-state index in [2.05, 4.69) is 13.8 Å². The Morgan fingerprint density at radius 3 is 1.48 bits per heavy atom. The lowest BCUT2D eigenvalue weighted by Crippen LogP contribution is -2.69. The fraction of sp³-hybridized carbons (Fsp3) is 1.00. The predicted octanol–water partition coefficient (Wildman–Crippen LogP) is 3.87. The van der Waals surface area contributed by atoms with E-state index in [0.29, 0.717) is 12.8 Å². The van der Waals surface area contributed by atoms with E-state index in [0.717, 1.165) is 38.5 Å². The number of likely N-dealkylation sites (N-methyl/N-ethyl adjacent to an activating group) is 1. The first-order valence-corrected chi connectivity index (χ1v) is 10.6. The van der Waals surface area contributed by atoms with Gasteiger partial charge in [0.1, 0.15) is 5.60 Å². The molecule has 0 aromatic heterocycles. The van der Waals surface area contributed by atoms with E-state index in [1.165, 1.54) is 0 Å². The second-order valence-electron chi connectivity index (χ2n) is 7.67. The summed E-state index contributed by atoms with van der Waals surface area (Å²) in [6, 6.07) is 0. The minimum atomic E-state index is -4.52. The van der Waals surface area contributed by atoms with Gasteiger partial charge in [0.05, 0.1) is 21.1 Å². The highest BCUT2D eigenvalue weighted by Gasteiger charge is 2.68. The van der Waals surface area contributed by atoms with Gasteiger partial charge in [-0.05, 0) is 12.8 Å². The number of nitrogens with zero attached hydrogens (tertiary/aromatic N) is 1. The molecule has 0 aliphatic rings. The zero-order chi connectivity index (χ0) is 18.4. The minimum Gasteiger partial charge on any atom is -0.383 e. The molecule has 1 unspecified atom stereocenters. The molecule has 0 aromatic rings. The number of hydrogen-bond acceptors (Lipinski definition) is 2. The van der Waals surface area contributed by atoms with Crippen molar-refractivity contribution < 1.29 is 23.9 Å². The topological polar surface area (TPSA) is 77.8 Å². The standard InChI is InChI=1S/C17H38NO4P/c1-7-10-12-14-16(19,15-13-11-8-2)17(9-3,18(4,5)6)23(20,21)22/h19H,7-15H2,1-6H3,(H-,20,21,22)/p+1. The van der Waals surface area contributed by atoms with E-state index >= 15 is 0 Å². The van der Waals surface area contributed by atoms with E-state index < -0.39 is 18.5 Å². The van der Waals surface area contributed by atoms with Gasteiger partial charge in [-0.15, -0.1) is 0 Å².